The fraction of sp³-hybridized carbons (Fsp3) is 0.533. The first-order valence-electron chi connectivity index (χ1n) is 6.21. The van der Waals surface area contributed by atoms with Gasteiger partial charge in [0.2, 0.25) is 0 Å². The third kappa shape index (κ3) is 7.22. The number of aldehydes is 1. The quantitative estimate of drug-likeness (QED) is 0.524. The molecular formula is C15H24O. The summed E-state index contributed by atoms with van der Waals surface area (Å²) < 4.78 is 0. The summed E-state index contributed by atoms with van der Waals surface area (Å²) >= 11 is 0. The molecule has 1 unspecified atom stereocenters. The SMILES string of the molecule is CC=O.CCCCCC(C)c1ccccc1. The summed E-state index contributed by atoms with van der Waals surface area (Å²) in [4.78, 5) is 8.81. The van der Waals surface area contributed by atoms with E-state index in [1.54, 1.807) is 0 Å². The number of carbonyl (C=O) groups excluding carboxylic acids is 1. The van der Waals surface area contributed by atoms with E-state index in [4.69, 9.17) is 4.79 Å². The van der Waals surface area contributed by atoms with Gasteiger partial charge in [0.25, 0.3) is 0 Å². The van der Waals surface area contributed by atoms with Gasteiger partial charge in [-0.05, 0) is 24.8 Å². The molecule has 0 aliphatic rings. The van der Waals surface area contributed by atoms with Crippen LogP contribution in [0.3, 0.4) is 0 Å². The van der Waals surface area contributed by atoms with Crippen LogP contribution in [0.25, 0.3) is 0 Å². The van der Waals surface area contributed by atoms with Gasteiger partial charge in [0, 0.05) is 0 Å². The van der Waals surface area contributed by atoms with Gasteiger partial charge in [0.1, 0.15) is 6.29 Å². The van der Waals surface area contributed by atoms with Crippen molar-refractivity contribution in [2.75, 3.05) is 0 Å². The lowest BCUT2D eigenvalue weighted by Crippen LogP contribution is -1.92. The Morgan fingerprint density at radius 3 is 2.25 bits per heavy atom. The zero-order valence-corrected chi connectivity index (χ0v) is 10.8. The summed E-state index contributed by atoms with van der Waals surface area (Å²) in [7, 11) is 0. The lowest BCUT2D eigenvalue weighted by atomic mass is 9.95. The van der Waals surface area contributed by atoms with Gasteiger partial charge in [-0.3, -0.25) is 0 Å². The second-order valence-electron chi connectivity index (χ2n) is 4.04. The van der Waals surface area contributed by atoms with E-state index >= 15 is 0 Å². The Kier molecular flexibility index (Phi) is 9.69. The molecule has 1 atom stereocenters. The Labute approximate surface area is 99.9 Å². The van der Waals surface area contributed by atoms with E-state index in [9.17, 15) is 0 Å². The number of carbonyl (C=O) groups is 1. The molecule has 0 saturated carbocycles. The minimum absolute atomic E-state index is 0.729. The molecule has 0 amide bonds. The molecule has 1 heteroatoms. The maximum atomic E-state index is 8.81. The normalized spacial score (nSPS) is 11.2. The number of benzene rings is 1. The molecule has 0 bridgehead atoms. The molecule has 0 saturated heterocycles. The average molecular weight is 220 g/mol. The summed E-state index contributed by atoms with van der Waals surface area (Å²) in [5.74, 6) is 0.729. The number of hydrogen-bond donors (Lipinski definition) is 0. The molecule has 16 heavy (non-hydrogen) atoms. The molecule has 1 aromatic rings. The van der Waals surface area contributed by atoms with Crippen LogP contribution >= 0.6 is 0 Å². The summed E-state index contributed by atoms with van der Waals surface area (Å²) in [6, 6.07) is 10.8. The second-order valence-corrected chi connectivity index (χ2v) is 4.04. The number of rotatable bonds is 5. The zero-order chi connectivity index (χ0) is 12.2. The number of unbranched alkanes of at least 4 members (excludes halogenated alkanes) is 2. The smallest absolute Gasteiger partial charge is 0.116 e. The summed E-state index contributed by atoms with van der Waals surface area (Å²) in [6.45, 7) is 6.03. The van der Waals surface area contributed by atoms with Crippen molar-refractivity contribution in [2.24, 2.45) is 0 Å². The largest absolute Gasteiger partial charge is 0.304 e. The standard InChI is InChI=1S/C13H20.C2H4O/c1-3-4-6-9-12(2)13-10-7-5-8-11-13;1-2-3/h5,7-8,10-12H,3-4,6,9H2,1-2H3;2H,1H3. The van der Waals surface area contributed by atoms with Crippen LogP contribution in [-0.4, -0.2) is 6.29 Å². The van der Waals surface area contributed by atoms with Crippen LogP contribution in [0.5, 0.6) is 0 Å². The minimum Gasteiger partial charge on any atom is -0.304 e. The molecule has 0 aliphatic carbocycles. The van der Waals surface area contributed by atoms with E-state index in [-0.39, 0.29) is 0 Å². The molecule has 1 nitrogen and oxygen atoms in total. The monoisotopic (exact) mass is 220 g/mol. The van der Waals surface area contributed by atoms with E-state index in [1.165, 1.54) is 38.2 Å². The van der Waals surface area contributed by atoms with Crippen LogP contribution in [0.4, 0.5) is 0 Å². The van der Waals surface area contributed by atoms with Gasteiger partial charge in [-0.15, -0.1) is 0 Å². The molecule has 0 spiro atoms. The lowest BCUT2D eigenvalue weighted by molar-refractivity contribution is -0.106. The van der Waals surface area contributed by atoms with Gasteiger partial charge in [0.15, 0.2) is 0 Å². The van der Waals surface area contributed by atoms with Crippen molar-refractivity contribution in [3.8, 4) is 0 Å². The zero-order valence-electron chi connectivity index (χ0n) is 10.8. The Morgan fingerprint density at radius 2 is 1.75 bits per heavy atom. The fourth-order valence-electron chi connectivity index (χ4n) is 1.65. The predicted molar refractivity (Wildman–Crippen MR) is 70.7 cm³/mol. The highest BCUT2D eigenvalue weighted by Crippen LogP contribution is 2.20. The molecule has 1 rings (SSSR count). The summed E-state index contributed by atoms with van der Waals surface area (Å²) in [6.07, 6.45) is 6.14. The molecule has 1 aromatic carbocycles. The van der Waals surface area contributed by atoms with Gasteiger partial charge >= 0.3 is 0 Å². The van der Waals surface area contributed by atoms with E-state index in [0.717, 1.165) is 12.2 Å². The van der Waals surface area contributed by atoms with Gasteiger partial charge in [-0.2, -0.15) is 0 Å². The maximum Gasteiger partial charge on any atom is 0.116 e. The Morgan fingerprint density at radius 1 is 1.19 bits per heavy atom. The highest BCUT2D eigenvalue weighted by atomic mass is 16.1. The van der Waals surface area contributed by atoms with Crippen molar-refractivity contribution in [1.82, 2.24) is 0 Å². The van der Waals surface area contributed by atoms with Crippen molar-refractivity contribution in [1.29, 1.82) is 0 Å². The van der Waals surface area contributed by atoms with Crippen LogP contribution in [0.1, 0.15) is 57.9 Å². The van der Waals surface area contributed by atoms with E-state index in [2.05, 4.69) is 44.2 Å². The minimum atomic E-state index is 0.729. The third-order valence-corrected chi connectivity index (χ3v) is 2.61. The van der Waals surface area contributed by atoms with Crippen molar-refractivity contribution in [3.63, 3.8) is 0 Å². The molecular weight excluding hydrogens is 196 g/mol. The Balaban J connectivity index is 0.000000673. The van der Waals surface area contributed by atoms with Gasteiger partial charge in [-0.1, -0.05) is 63.4 Å². The van der Waals surface area contributed by atoms with Crippen LogP contribution in [0.15, 0.2) is 30.3 Å². The van der Waals surface area contributed by atoms with Gasteiger partial charge in [0.05, 0.1) is 0 Å². The van der Waals surface area contributed by atoms with E-state index in [1.807, 2.05) is 0 Å². The topological polar surface area (TPSA) is 17.1 Å². The van der Waals surface area contributed by atoms with Crippen molar-refractivity contribution in [3.05, 3.63) is 35.9 Å². The summed E-state index contributed by atoms with van der Waals surface area (Å²) in [5, 5.41) is 0. The second kappa shape index (κ2) is 10.4. The van der Waals surface area contributed by atoms with Crippen molar-refractivity contribution < 1.29 is 4.79 Å². The molecule has 90 valence electrons. The summed E-state index contributed by atoms with van der Waals surface area (Å²) in [5.41, 5.74) is 1.48. The molecule has 0 radical (unpaired) electrons. The van der Waals surface area contributed by atoms with E-state index < -0.39 is 0 Å². The molecule has 0 aliphatic heterocycles. The molecule has 0 fully saturated rings. The first kappa shape index (κ1) is 14.9. The van der Waals surface area contributed by atoms with Crippen molar-refractivity contribution in [2.45, 2.75) is 52.4 Å². The first-order chi connectivity index (χ1) is 7.76. The Bertz CT molecular complexity index is 253. The first-order valence-corrected chi connectivity index (χ1v) is 6.21. The van der Waals surface area contributed by atoms with Crippen LogP contribution in [-0.2, 0) is 4.79 Å². The maximum absolute atomic E-state index is 8.81. The van der Waals surface area contributed by atoms with Crippen LogP contribution in [0.2, 0.25) is 0 Å². The number of hydrogen-bond acceptors (Lipinski definition) is 1. The third-order valence-electron chi connectivity index (χ3n) is 2.61. The Hall–Kier alpha value is -1.11. The van der Waals surface area contributed by atoms with Gasteiger partial charge in [-0.25, -0.2) is 0 Å². The molecule has 0 heterocycles. The average Bonchev–Trinajstić information content (AvgIpc) is 2.31. The molecule has 0 aromatic heterocycles. The van der Waals surface area contributed by atoms with Gasteiger partial charge < -0.3 is 4.79 Å². The molecule has 0 N–H and O–H groups in total. The highest BCUT2D eigenvalue weighted by Gasteiger charge is 2.02. The predicted octanol–water partition coefficient (Wildman–Crippen LogP) is 4.58. The van der Waals surface area contributed by atoms with Crippen LogP contribution < -0.4 is 0 Å². The lowest BCUT2D eigenvalue weighted by Gasteiger charge is -2.10. The van der Waals surface area contributed by atoms with E-state index in [0.29, 0.717) is 0 Å². The fourth-order valence-corrected chi connectivity index (χ4v) is 1.65. The highest BCUT2D eigenvalue weighted by molar-refractivity contribution is 5.44. The van der Waals surface area contributed by atoms with Crippen LogP contribution in [0, 0.1) is 0 Å². The van der Waals surface area contributed by atoms with Crippen molar-refractivity contribution >= 4 is 6.29 Å².